The minimum Gasteiger partial charge on any atom is -0.438 e. The molecule has 1 heterocycles. The number of rotatable bonds is 2. The van der Waals surface area contributed by atoms with Gasteiger partial charge in [0, 0.05) is 10.7 Å². The summed E-state index contributed by atoms with van der Waals surface area (Å²) in [5, 5.41) is 0.485. The van der Waals surface area contributed by atoms with Gasteiger partial charge in [0.05, 0.1) is 0 Å². The Morgan fingerprint density at radius 2 is 1.76 bits per heavy atom. The lowest BCUT2D eigenvalue weighted by Crippen LogP contribution is -1.90. The number of hydrogen-bond acceptors (Lipinski definition) is 2. The molecule has 0 saturated heterocycles. The molecule has 0 aliphatic heterocycles. The Morgan fingerprint density at radius 1 is 1.12 bits per heavy atom. The Balaban J connectivity index is 2.31. The van der Waals surface area contributed by atoms with Gasteiger partial charge in [-0.2, -0.15) is 0 Å². The van der Waals surface area contributed by atoms with E-state index in [9.17, 15) is 0 Å². The van der Waals surface area contributed by atoms with Gasteiger partial charge in [-0.1, -0.05) is 17.7 Å². The Labute approximate surface area is 114 Å². The second-order valence-electron chi connectivity index (χ2n) is 3.87. The fourth-order valence-electron chi connectivity index (χ4n) is 1.58. The third kappa shape index (κ3) is 3.20. The molecule has 88 valence electrons. The molecule has 0 bridgehead atoms. The van der Waals surface area contributed by atoms with Gasteiger partial charge in [-0.25, -0.2) is 4.98 Å². The van der Waals surface area contributed by atoms with Crippen molar-refractivity contribution in [2.75, 3.05) is 0 Å². The van der Waals surface area contributed by atoms with E-state index in [-0.39, 0.29) is 0 Å². The van der Waals surface area contributed by atoms with Crippen molar-refractivity contribution in [1.29, 1.82) is 0 Å². The van der Waals surface area contributed by atoms with E-state index < -0.39 is 0 Å². The highest BCUT2D eigenvalue weighted by Crippen LogP contribution is 2.29. The van der Waals surface area contributed by atoms with Crippen LogP contribution in [0.1, 0.15) is 11.1 Å². The van der Waals surface area contributed by atoms with Crippen LogP contribution in [0.4, 0.5) is 0 Å². The summed E-state index contributed by atoms with van der Waals surface area (Å²) in [6.07, 6.45) is 1.66. The molecule has 0 aliphatic carbocycles. The van der Waals surface area contributed by atoms with Crippen LogP contribution in [-0.4, -0.2) is 4.98 Å². The average Bonchev–Trinajstić information content (AvgIpc) is 2.21. The number of nitrogens with zero attached hydrogens (tertiary/aromatic N) is 1. The van der Waals surface area contributed by atoms with E-state index in [0.29, 0.717) is 10.9 Å². The molecular weight excluding hydrogens is 302 g/mol. The van der Waals surface area contributed by atoms with Gasteiger partial charge in [-0.3, -0.25) is 0 Å². The first-order valence-corrected chi connectivity index (χ1v) is 6.29. The number of aryl methyl sites for hydroxylation is 2. The molecule has 0 aliphatic rings. The molecule has 0 atom stereocenters. The first-order chi connectivity index (χ1) is 8.04. The Hall–Kier alpha value is -1.06. The van der Waals surface area contributed by atoms with Crippen molar-refractivity contribution in [3.05, 3.63) is 51.1 Å². The van der Waals surface area contributed by atoms with Crippen LogP contribution in [0.5, 0.6) is 11.6 Å². The maximum Gasteiger partial charge on any atom is 0.238 e. The summed E-state index contributed by atoms with van der Waals surface area (Å²) in [7, 11) is 0. The molecule has 0 spiro atoms. The van der Waals surface area contributed by atoms with Crippen molar-refractivity contribution in [3.63, 3.8) is 0 Å². The van der Waals surface area contributed by atoms with Gasteiger partial charge >= 0.3 is 0 Å². The summed E-state index contributed by atoms with van der Waals surface area (Å²) in [5.41, 5.74) is 2.29. The van der Waals surface area contributed by atoms with Gasteiger partial charge in [0.15, 0.2) is 0 Å². The van der Waals surface area contributed by atoms with Crippen LogP contribution in [0.25, 0.3) is 0 Å². The second-order valence-corrected chi connectivity index (χ2v) is 5.19. The molecule has 0 N–H and O–H groups in total. The first-order valence-electron chi connectivity index (χ1n) is 5.12. The highest BCUT2D eigenvalue weighted by Gasteiger charge is 2.06. The Morgan fingerprint density at radius 3 is 2.35 bits per heavy atom. The first kappa shape index (κ1) is 12.4. The molecule has 0 fully saturated rings. The largest absolute Gasteiger partial charge is 0.438 e. The predicted octanol–water partition coefficient (Wildman–Crippen LogP) is 4.91. The van der Waals surface area contributed by atoms with E-state index in [4.69, 9.17) is 16.3 Å². The van der Waals surface area contributed by atoms with Crippen molar-refractivity contribution < 1.29 is 4.74 Å². The fourth-order valence-corrected chi connectivity index (χ4v) is 2.25. The summed E-state index contributed by atoms with van der Waals surface area (Å²) >= 11 is 9.34. The average molecular weight is 313 g/mol. The number of hydrogen-bond donors (Lipinski definition) is 0. The quantitative estimate of drug-likeness (QED) is 0.786. The molecule has 0 radical (unpaired) electrons. The van der Waals surface area contributed by atoms with Crippen molar-refractivity contribution in [1.82, 2.24) is 4.98 Å². The normalized spacial score (nSPS) is 10.4. The van der Waals surface area contributed by atoms with Gasteiger partial charge < -0.3 is 4.74 Å². The molecule has 2 rings (SSSR count). The second kappa shape index (κ2) is 5.07. The van der Waals surface area contributed by atoms with Crippen LogP contribution < -0.4 is 4.74 Å². The predicted molar refractivity (Wildman–Crippen MR) is 72.9 cm³/mol. The standard InChI is InChI=1S/C13H11BrClNO/c1-8-3-9(2)5-11(4-8)17-13-12(15)6-10(14)7-16-13/h3-7H,1-2H3. The molecule has 17 heavy (non-hydrogen) atoms. The van der Waals surface area contributed by atoms with Gasteiger partial charge in [0.2, 0.25) is 5.88 Å². The van der Waals surface area contributed by atoms with Gasteiger partial charge in [-0.05, 0) is 59.1 Å². The third-order valence-electron chi connectivity index (χ3n) is 2.18. The van der Waals surface area contributed by atoms with Crippen molar-refractivity contribution in [2.45, 2.75) is 13.8 Å². The third-order valence-corrected chi connectivity index (χ3v) is 2.89. The molecule has 1 aromatic carbocycles. The number of pyridine rings is 1. The van der Waals surface area contributed by atoms with Crippen molar-refractivity contribution >= 4 is 27.5 Å². The molecule has 4 heteroatoms. The maximum absolute atomic E-state index is 6.04. The van der Waals surface area contributed by atoms with Crippen molar-refractivity contribution in [2.24, 2.45) is 0 Å². The molecule has 0 amide bonds. The Bertz CT molecular complexity index is 537. The van der Waals surface area contributed by atoms with Crippen LogP contribution in [0, 0.1) is 13.8 Å². The number of ether oxygens (including phenoxy) is 1. The van der Waals surface area contributed by atoms with E-state index in [0.717, 1.165) is 21.3 Å². The van der Waals surface area contributed by atoms with Gasteiger partial charge in [-0.15, -0.1) is 0 Å². The molecule has 1 aromatic heterocycles. The van der Waals surface area contributed by atoms with E-state index in [1.807, 2.05) is 26.0 Å². The Kier molecular flexibility index (Phi) is 3.69. The highest BCUT2D eigenvalue weighted by atomic mass is 79.9. The number of aromatic nitrogens is 1. The maximum atomic E-state index is 6.04. The summed E-state index contributed by atoms with van der Waals surface area (Å²) in [4.78, 5) is 4.13. The van der Waals surface area contributed by atoms with Crippen LogP contribution in [0.2, 0.25) is 5.02 Å². The van der Waals surface area contributed by atoms with E-state index in [1.54, 1.807) is 12.3 Å². The SMILES string of the molecule is Cc1cc(C)cc(Oc2ncc(Br)cc2Cl)c1. The number of benzene rings is 1. The molecule has 2 aromatic rings. The summed E-state index contributed by atoms with van der Waals surface area (Å²) in [6, 6.07) is 7.75. The van der Waals surface area contributed by atoms with Crippen LogP contribution in [0.3, 0.4) is 0 Å². The lowest BCUT2D eigenvalue weighted by Gasteiger charge is -2.08. The fraction of sp³-hybridized carbons (Fsp3) is 0.154. The minimum absolute atomic E-state index is 0.417. The van der Waals surface area contributed by atoms with Gasteiger partial charge in [0.25, 0.3) is 0 Å². The van der Waals surface area contributed by atoms with E-state index >= 15 is 0 Å². The topological polar surface area (TPSA) is 22.1 Å². The monoisotopic (exact) mass is 311 g/mol. The zero-order chi connectivity index (χ0) is 12.4. The zero-order valence-corrected chi connectivity index (χ0v) is 11.8. The lowest BCUT2D eigenvalue weighted by atomic mass is 10.1. The van der Waals surface area contributed by atoms with Crippen molar-refractivity contribution in [3.8, 4) is 11.6 Å². The molecular formula is C13H11BrClNO. The smallest absolute Gasteiger partial charge is 0.238 e. The van der Waals surface area contributed by atoms with E-state index in [2.05, 4.69) is 27.0 Å². The molecule has 2 nitrogen and oxygen atoms in total. The van der Waals surface area contributed by atoms with Crippen LogP contribution in [-0.2, 0) is 0 Å². The summed E-state index contributed by atoms with van der Waals surface area (Å²) in [5.74, 6) is 1.17. The summed E-state index contributed by atoms with van der Waals surface area (Å²) < 4.78 is 6.49. The summed E-state index contributed by atoms with van der Waals surface area (Å²) in [6.45, 7) is 4.05. The minimum atomic E-state index is 0.417. The number of halogens is 2. The van der Waals surface area contributed by atoms with Gasteiger partial charge in [0.1, 0.15) is 10.8 Å². The van der Waals surface area contributed by atoms with Crippen LogP contribution in [0.15, 0.2) is 34.9 Å². The van der Waals surface area contributed by atoms with E-state index in [1.165, 1.54) is 0 Å². The molecule has 0 saturated carbocycles. The zero-order valence-electron chi connectivity index (χ0n) is 9.50. The highest BCUT2D eigenvalue weighted by molar-refractivity contribution is 9.10. The van der Waals surface area contributed by atoms with Crippen LogP contribution >= 0.6 is 27.5 Å². The molecule has 0 unspecified atom stereocenters. The lowest BCUT2D eigenvalue weighted by molar-refractivity contribution is 0.462.